The van der Waals surface area contributed by atoms with Crippen molar-refractivity contribution >= 4 is 11.8 Å². The number of aromatic carboxylic acids is 1. The minimum absolute atomic E-state index is 0.192. The standard InChI is InChI=1S/C13H19N3O2/c1-13(2)4-3-6-16(7-5-13)11-10(12(17)18)8-14-9-15-11/h8-9H,3-7H2,1-2H3,(H,17,18). The van der Waals surface area contributed by atoms with E-state index in [0.29, 0.717) is 11.2 Å². The zero-order valence-electron chi connectivity index (χ0n) is 10.9. The van der Waals surface area contributed by atoms with Crippen molar-refractivity contribution in [2.75, 3.05) is 18.0 Å². The van der Waals surface area contributed by atoms with Crippen LogP contribution in [0.3, 0.4) is 0 Å². The minimum atomic E-state index is -0.964. The number of rotatable bonds is 2. The van der Waals surface area contributed by atoms with Crippen LogP contribution < -0.4 is 4.90 Å². The number of carboxylic acids is 1. The van der Waals surface area contributed by atoms with Gasteiger partial charge in [-0.15, -0.1) is 0 Å². The summed E-state index contributed by atoms with van der Waals surface area (Å²) in [6.45, 7) is 6.23. The SMILES string of the molecule is CC1(C)CCCN(c2ncncc2C(=O)O)CC1. The highest BCUT2D eigenvalue weighted by molar-refractivity contribution is 5.92. The van der Waals surface area contributed by atoms with Crippen molar-refractivity contribution < 1.29 is 9.90 Å². The second-order valence-electron chi connectivity index (χ2n) is 5.57. The number of carbonyl (C=O) groups is 1. The number of carboxylic acid groups (broad SMARTS) is 1. The second-order valence-corrected chi connectivity index (χ2v) is 5.57. The first-order chi connectivity index (χ1) is 8.49. The van der Waals surface area contributed by atoms with Crippen molar-refractivity contribution in [3.8, 4) is 0 Å². The van der Waals surface area contributed by atoms with Crippen LogP contribution in [0.4, 0.5) is 5.82 Å². The summed E-state index contributed by atoms with van der Waals surface area (Å²) in [7, 11) is 0. The topological polar surface area (TPSA) is 66.3 Å². The fourth-order valence-corrected chi connectivity index (χ4v) is 2.36. The van der Waals surface area contributed by atoms with Gasteiger partial charge in [0, 0.05) is 19.3 Å². The lowest BCUT2D eigenvalue weighted by Gasteiger charge is -2.24. The van der Waals surface area contributed by atoms with E-state index in [0.717, 1.165) is 32.4 Å². The van der Waals surface area contributed by atoms with Gasteiger partial charge in [-0.1, -0.05) is 13.8 Å². The van der Waals surface area contributed by atoms with Crippen molar-refractivity contribution in [1.29, 1.82) is 0 Å². The Hall–Kier alpha value is -1.65. The lowest BCUT2D eigenvalue weighted by atomic mass is 9.85. The first-order valence-corrected chi connectivity index (χ1v) is 6.28. The Kier molecular flexibility index (Phi) is 3.50. The van der Waals surface area contributed by atoms with Gasteiger partial charge in [0.2, 0.25) is 0 Å². The molecule has 0 amide bonds. The summed E-state index contributed by atoms with van der Waals surface area (Å²) in [6.07, 6.45) is 6.07. The normalized spacial score (nSPS) is 19.3. The summed E-state index contributed by atoms with van der Waals surface area (Å²) in [5, 5.41) is 9.16. The molecule has 0 unspecified atom stereocenters. The maximum atomic E-state index is 11.2. The zero-order valence-corrected chi connectivity index (χ0v) is 10.9. The van der Waals surface area contributed by atoms with Gasteiger partial charge < -0.3 is 10.0 Å². The third-order valence-corrected chi connectivity index (χ3v) is 3.56. The Morgan fingerprint density at radius 3 is 2.89 bits per heavy atom. The highest BCUT2D eigenvalue weighted by atomic mass is 16.4. The van der Waals surface area contributed by atoms with Crippen molar-refractivity contribution in [2.45, 2.75) is 33.1 Å². The van der Waals surface area contributed by atoms with Gasteiger partial charge in [-0.3, -0.25) is 0 Å². The molecule has 0 spiro atoms. The average Bonchev–Trinajstić information content (AvgIpc) is 2.50. The molecular weight excluding hydrogens is 230 g/mol. The van der Waals surface area contributed by atoms with Crippen LogP contribution in [0.2, 0.25) is 0 Å². The van der Waals surface area contributed by atoms with Gasteiger partial charge in [-0.25, -0.2) is 14.8 Å². The molecule has 1 aromatic heterocycles. The maximum absolute atomic E-state index is 11.2. The fraction of sp³-hybridized carbons (Fsp3) is 0.615. The molecule has 1 N–H and O–H groups in total. The largest absolute Gasteiger partial charge is 0.477 e. The molecule has 0 aliphatic carbocycles. The van der Waals surface area contributed by atoms with E-state index in [1.807, 2.05) is 0 Å². The maximum Gasteiger partial charge on any atom is 0.341 e. The molecule has 0 radical (unpaired) electrons. The Bertz CT molecular complexity index is 446. The Morgan fingerprint density at radius 2 is 2.17 bits per heavy atom. The zero-order chi connectivity index (χ0) is 13.2. The summed E-state index contributed by atoms with van der Waals surface area (Å²) in [5.41, 5.74) is 0.516. The van der Waals surface area contributed by atoms with Gasteiger partial charge in [0.05, 0.1) is 0 Å². The molecule has 1 fully saturated rings. The van der Waals surface area contributed by atoms with Crippen LogP contribution in [0.25, 0.3) is 0 Å². The third-order valence-electron chi connectivity index (χ3n) is 3.56. The molecular formula is C13H19N3O2. The van der Waals surface area contributed by atoms with E-state index >= 15 is 0 Å². The molecule has 5 heteroatoms. The molecule has 2 heterocycles. The Balaban J connectivity index is 2.24. The number of anilines is 1. The van der Waals surface area contributed by atoms with Crippen LogP contribution in [0.5, 0.6) is 0 Å². The lowest BCUT2D eigenvalue weighted by Crippen LogP contribution is -2.28. The van der Waals surface area contributed by atoms with Crippen molar-refractivity contribution in [3.05, 3.63) is 18.1 Å². The highest BCUT2D eigenvalue weighted by Crippen LogP contribution is 2.31. The summed E-state index contributed by atoms with van der Waals surface area (Å²) in [6, 6.07) is 0. The predicted octanol–water partition coefficient (Wildman–Crippen LogP) is 2.19. The molecule has 0 saturated carbocycles. The number of hydrogen-bond acceptors (Lipinski definition) is 4. The molecule has 0 bridgehead atoms. The number of hydrogen-bond donors (Lipinski definition) is 1. The summed E-state index contributed by atoms with van der Waals surface area (Å²) in [4.78, 5) is 21.2. The summed E-state index contributed by atoms with van der Waals surface area (Å²) >= 11 is 0. The molecule has 98 valence electrons. The van der Waals surface area contributed by atoms with E-state index in [1.165, 1.54) is 12.5 Å². The van der Waals surface area contributed by atoms with Crippen LogP contribution in [-0.4, -0.2) is 34.1 Å². The monoisotopic (exact) mass is 249 g/mol. The van der Waals surface area contributed by atoms with Gasteiger partial charge in [0.15, 0.2) is 0 Å². The van der Waals surface area contributed by atoms with Gasteiger partial charge in [-0.2, -0.15) is 0 Å². The van der Waals surface area contributed by atoms with E-state index in [9.17, 15) is 4.79 Å². The van der Waals surface area contributed by atoms with E-state index in [-0.39, 0.29) is 5.56 Å². The molecule has 1 aromatic rings. The molecule has 1 aliphatic rings. The van der Waals surface area contributed by atoms with E-state index in [4.69, 9.17) is 5.11 Å². The van der Waals surface area contributed by atoms with Gasteiger partial charge in [0.1, 0.15) is 17.7 Å². The number of nitrogens with zero attached hydrogens (tertiary/aromatic N) is 3. The first-order valence-electron chi connectivity index (χ1n) is 6.28. The van der Waals surface area contributed by atoms with Gasteiger partial charge in [-0.05, 0) is 24.7 Å². The van der Waals surface area contributed by atoms with Crippen molar-refractivity contribution in [2.24, 2.45) is 5.41 Å². The summed E-state index contributed by atoms with van der Waals surface area (Å²) in [5.74, 6) is -0.413. The lowest BCUT2D eigenvalue weighted by molar-refractivity contribution is 0.0696. The predicted molar refractivity (Wildman–Crippen MR) is 68.8 cm³/mol. The molecule has 0 aromatic carbocycles. The number of aromatic nitrogens is 2. The summed E-state index contributed by atoms with van der Waals surface area (Å²) < 4.78 is 0. The van der Waals surface area contributed by atoms with Crippen LogP contribution in [0, 0.1) is 5.41 Å². The molecule has 1 saturated heterocycles. The molecule has 18 heavy (non-hydrogen) atoms. The first kappa shape index (κ1) is 12.8. The Morgan fingerprint density at radius 1 is 1.39 bits per heavy atom. The van der Waals surface area contributed by atoms with Crippen LogP contribution >= 0.6 is 0 Å². The molecule has 1 aliphatic heterocycles. The molecule has 5 nitrogen and oxygen atoms in total. The van der Waals surface area contributed by atoms with Crippen molar-refractivity contribution in [3.63, 3.8) is 0 Å². The average molecular weight is 249 g/mol. The van der Waals surface area contributed by atoms with E-state index in [1.54, 1.807) is 0 Å². The van der Waals surface area contributed by atoms with Crippen LogP contribution in [0.1, 0.15) is 43.5 Å². The smallest absolute Gasteiger partial charge is 0.341 e. The highest BCUT2D eigenvalue weighted by Gasteiger charge is 2.25. The van der Waals surface area contributed by atoms with E-state index in [2.05, 4.69) is 28.7 Å². The molecule has 2 rings (SSSR count). The van der Waals surface area contributed by atoms with Gasteiger partial charge >= 0.3 is 5.97 Å². The second kappa shape index (κ2) is 4.92. The Labute approximate surface area is 107 Å². The van der Waals surface area contributed by atoms with Gasteiger partial charge in [0.25, 0.3) is 0 Å². The minimum Gasteiger partial charge on any atom is -0.477 e. The van der Waals surface area contributed by atoms with Crippen LogP contribution in [-0.2, 0) is 0 Å². The van der Waals surface area contributed by atoms with E-state index < -0.39 is 5.97 Å². The van der Waals surface area contributed by atoms with Crippen molar-refractivity contribution in [1.82, 2.24) is 9.97 Å². The van der Waals surface area contributed by atoms with Crippen LogP contribution in [0.15, 0.2) is 12.5 Å². The fourth-order valence-electron chi connectivity index (χ4n) is 2.36. The quantitative estimate of drug-likeness (QED) is 0.870. The third kappa shape index (κ3) is 2.78. The molecule has 0 atom stereocenters.